The van der Waals surface area contributed by atoms with E-state index in [4.69, 9.17) is 16.6 Å². The van der Waals surface area contributed by atoms with Crippen LogP contribution in [-0.4, -0.2) is 40.1 Å². The van der Waals surface area contributed by atoms with Gasteiger partial charge in [-0.3, -0.25) is 0 Å². The lowest BCUT2D eigenvalue weighted by molar-refractivity contribution is 0.493. The van der Waals surface area contributed by atoms with Gasteiger partial charge in [0, 0.05) is 43.5 Å². The second-order valence-corrected chi connectivity index (χ2v) is 7.39. The quantitative estimate of drug-likeness (QED) is 0.679. The van der Waals surface area contributed by atoms with Crippen molar-refractivity contribution in [3.05, 3.63) is 53.0 Å². The Labute approximate surface area is 168 Å². The summed E-state index contributed by atoms with van der Waals surface area (Å²) in [6, 6.07) is 4.71. The molecule has 6 nitrogen and oxygen atoms in total. The number of nitrogens with one attached hydrogen (secondary N) is 2. The molecule has 3 heterocycles. The molecule has 0 unspecified atom stereocenters. The van der Waals surface area contributed by atoms with Crippen molar-refractivity contribution in [3.63, 3.8) is 0 Å². The second kappa shape index (κ2) is 7.75. The van der Waals surface area contributed by atoms with Crippen molar-refractivity contribution in [1.82, 2.24) is 19.9 Å². The molecule has 0 aliphatic carbocycles. The van der Waals surface area contributed by atoms with Gasteiger partial charge in [-0.25, -0.2) is 14.4 Å². The van der Waals surface area contributed by atoms with Gasteiger partial charge < -0.3 is 15.2 Å². The number of hydrogen-bond acceptors (Lipinski definition) is 5. The van der Waals surface area contributed by atoms with Crippen LogP contribution in [0.25, 0.3) is 11.1 Å². The molecule has 2 aromatic heterocycles. The molecule has 8 heteroatoms. The van der Waals surface area contributed by atoms with Crippen molar-refractivity contribution in [2.75, 3.05) is 30.4 Å². The Kier molecular flexibility index (Phi) is 5.17. The minimum absolute atomic E-state index is 0.0915. The van der Waals surface area contributed by atoms with Crippen LogP contribution in [-0.2, 0) is 0 Å². The van der Waals surface area contributed by atoms with Crippen molar-refractivity contribution in [2.45, 2.75) is 25.7 Å². The summed E-state index contributed by atoms with van der Waals surface area (Å²) in [5, 5.41) is 3.09. The fraction of sp³-hybridized carbons (Fsp3) is 0.350. The summed E-state index contributed by atoms with van der Waals surface area (Å²) >= 11 is 6.00. The summed E-state index contributed by atoms with van der Waals surface area (Å²) < 4.78 is 13.6. The SMILES string of the molecule is CNc1ncc(-c2ccc(F)c(Cl)c2)c(N2CCC(c3nc[nH]c3C)CC2)n1. The van der Waals surface area contributed by atoms with Crippen molar-refractivity contribution in [1.29, 1.82) is 0 Å². The Balaban J connectivity index is 1.63. The van der Waals surface area contributed by atoms with Crippen LogP contribution in [0.5, 0.6) is 0 Å². The van der Waals surface area contributed by atoms with E-state index >= 15 is 0 Å². The van der Waals surface area contributed by atoms with Crippen molar-refractivity contribution in [2.24, 2.45) is 0 Å². The molecule has 0 bridgehead atoms. The number of hydrogen-bond donors (Lipinski definition) is 2. The Morgan fingerprint density at radius 2 is 2.04 bits per heavy atom. The number of halogens is 2. The molecule has 1 aliphatic rings. The maximum Gasteiger partial charge on any atom is 0.224 e. The molecular formula is C20H22ClFN6. The molecule has 1 aromatic carbocycles. The molecule has 1 fully saturated rings. The third-order valence-corrected chi connectivity index (χ3v) is 5.56. The van der Waals surface area contributed by atoms with Gasteiger partial charge in [0.1, 0.15) is 11.6 Å². The number of benzene rings is 1. The molecule has 0 atom stereocenters. The molecule has 3 aromatic rings. The first kappa shape index (κ1) is 18.7. The van der Waals surface area contributed by atoms with Crippen LogP contribution in [0.15, 0.2) is 30.7 Å². The average molecular weight is 401 g/mol. The van der Waals surface area contributed by atoms with E-state index in [2.05, 4.69) is 32.1 Å². The van der Waals surface area contributed by atoms with Crippen LogP contribution < -0.4 is 10.2 Å². The fourth-order valence-electron chi connectivity index (χ4n) is 3.75. The minimum atomic E-state index is -0.435. The minimum Gasteiger partial charge on any atom is -0.357 e. The van der Waals surface area contributed by atoms with Gasteiger partial charge in [0.15, 0.2) is 0 Å². The van der Waals surface area contributed by atoms with E-state index in [-0.39, 0.29) is 5.02 Å². The van der Waals surface area contributed by atoms with Gasteiger partial charge in [-0.05, 0) is 37.5 Å². The Morgan fingerprint density at radius 1 is 1.25 bits per heavy atom. The Bertz CT molecular complexity index is 981. The molecule has 0 saturated carbocycles. The fourth-order valence-corrected chi connectivity index (χ4v) is 3.93. The number of aromatic amines is 1. The number of aromatic nitrogens is 4. The highest BCUT2D eigenvalue weighted by molar-refractivity contribution is 6.31. The molecule has 1 aliphatic heterocycles. The van der Waals surface area contributed by atoms with Crippen LogP contribution in [0.2, 0.25) is 5.02 Å². The molecular weight excluding hydrogens is 379 g/mol. The topological polar surface area (TPSA) is 69.7 Å². The molecule has 0 amide bonds. The van der Waals surface area contributed by atoms with Crippen molar-refractivity contribution >= 4 is 23.4 Å². The lowest BCUT2D eigenvalue weighted by Gasteiger charge is -2.33. The smallest absolute Gasteiger partial charge is 0.224 e. The van der Waals surface area contributed by atoms with Crippen LogP contribution in [0.1, 0.15) is 30.1 Å². The Morgan fingerprint density at radius 3 is 2.68 bits per heavy atom. The van der Waals surface area contributed by atoms with E-state index in [1.165, 1.54) is 6.07 Å². The summed E-state index contributed by atoms with van der Waals surface area (Å²) in [7, 11) is 1.79. The summed E-state index contributed by atoms with van der Waals surface area (Å²) in [5.41, 5.74) is 3.94. The highest BCUT2D eigenvalue weighted by atomic mass is 35.5. The van der Waals surface area contributed by atoms with E-state index < -0.39 is 5.82 Å². The number of imidazole rings is 1. The van der Waals surface area contributed by atoms with E-state index in [9.17, 15) is 4.39 Å². The highest BCUT2D eigenvalue weighted by Gasteiger charge is 2.26. The lowest BCUT2D eigenvalue weighted by Crippen LogP contribution is -2.34. The predicted octanol–water partition coefficient (Wildman–Crippen LogP) is 4.39. The van der Waals surface area contributed by atoms with Crippen LogP contribution >= 0.6 is 11.6 Å². The average Bonchev–Trinajstić information content (AvgIpc) is 3.15. The first-order valence-corrected chi connectivity index (χ1v) is 9.69. The number of nitrogens with zero attached hydrogens (tertiary/aromatic N) is 4. The van der Waals surface area contributed by atoms with Crippen molar-refractivity contribution < 1.29 is 4.39 Å². The van der Waals surface area contributed by atoms with E-state index in [1.807, 2.05) is 0 Å². The molecule has 0 radical (unpaired) electrons. The zero-order chi connectivity index (χ0) is 19.7. The zero-order valence-corrected chi connectivity index (χ0v) is 16.6. The van der Waals surface area contributed by atoms with Crippen LogP contribution in [0.3, 0.4) is 0 Å². The van der Waals surface area contributed by atoms with Gasteiger partial charge in [-0.2, -0.15) is 4.98 Å². The molecule has 146 valence electrons. The Hall–Kier alpha value is -2.67. The maximum atomic E-state index is 13.6. The summed E-state index contributed by atoms with van der Waals surface area (Å²) in [4.78, 5) is 19.0. The van der Waals surface area contributed by atoms with Gasteiger partial charge in [0.2, 0.25) is 5.95 Å². The summed E-state index contributed by atoms with van der Waals surface area (Å²) in [6.45, 7) is 3.78. The number of piperidine rings is 1. The molecule has 4 rings (SSSR count). The molecule has 28 heavy (non-hydrogen) atoms. The first-order valence-electron chi connectivity index (χ1n) is 9.32. The normalized spacial score (nSPS) is 15.1. The largest absolute Gasteiger partial charge is 0.357 e. The highest BCUT2D eigenvalue weighted by Crippen LogP contribution is 2.36. The number of rotatable bonds is 4. The maximum absolute atomic E-state index is 13.6. The summed E-state index contributed by atoms with van der Waals surface area (Å²) in [6.07, 6.45) is 5.51. The van der Waals surface area contributed by atoms with Gasteiger partial charge >= 0.3 is 0 Å². The number of anilines is 2. The lowest BCUT2D eigenvalue weighted by atomic mass is 9.92. The van der Waals surface area contributed by atoms with E-state index in [0.717, 1.165) is 54.3 Å². The third-order valence-electron chi connectivity index (χ3n) is 5.27. The number of H-pyrrole nitrogens is 1. The van der Waals surface area contributed by atoms with Gasteiger partial charge in [-0.15, -0.1) is 0 Å². The first-order chi connectivity index (χ1) is 13.6. The zero-order valence-electron chi connectivity index (χ0n) is 15.8. The standard InChI is InChI=1S/C20H22ClFN6/c1-12-18(26-11-25-12)13-5-7-28(8-6-13)19-15(10-24-20(23-2)27-19)14-3-4-17(22)16(21)9-14/h3-4,9-11,13H,5-8H2,1-2H3,(H,25,26)(H,23,24,27). The molecule has 2 N–H and O–H groups in total. The van der Waals surface area contributed by atoms with E-state index in [0.29, 0.717) is 11.9 Å². The third kappa shape index (κ3) is 3.54. The van der Waals surface area contributed by atoms with Crippen LogP contribution in [0.4, 0.5) is 16.2 Å². The van der Waals surface area contributed by atoms with E-state index in [1.54, 1.807) is 31.7 Å². The second-order valence-electron chi connectivity index (χ2n) is 6.98. The van der Waals surface area contributed by atoms with Gasteiger partial charge in [-0.1, -0.05) is 17.7 Å². The van der Waals surface area contributed by atoms with Crippen molar-refractivity contribution in [3.8, 4) is 11.1 Å². The monoisotopic (exact) mass is 400 g/mol. The molecule has 0 spiro atoms. The van der Waals surface area contributed by atoms with Gasteiger partial charge in [0.05, 0.1) is 17.0 Å². The van der Waals surface area contributed by atoms with Crippen LogP contribution in [0, 0.1) is 12.7 Å². The molecule has 1 saturated heterocycles. The number of aryl methyl sites for hydroxylation is 1. The predicted molar refractivity (Wildman–Crippen MR) is 109 cm³/mol. The summed E-state index contributed by atoms with van der Waals surface area (Å²) in [5.74, 6) is 1.39. The van der Waals surface area contributed by atoms with Gasteiger partial charge in [0.25, 0.3) is 0 Å².